The molecule has 0 saturated carbocycles. The average Bonchev–Trinajstić information content (AvgIpc) is 2.80. The van der Waals surface area contributed by atoms with Gasteiger partial charge < -0.3 is 9.84 Å². The van der Waals surface area contributed by atoms with E-state index in [2.05, 4.69) is 5.10 Å². The summed E-state index contributed by atoms with van der Waals surface area (Å²) in [6, 6.07) is 4.02. The molecule has 2 rings (SSSR count). The normalized spacial score (nSPS) is 12.7. The van der Waals surface area contributed by atoms with Gasteiger partial charge in [-0.3, -0.25) is 4.68 Å². The second kappa shape index (κ2) is 6.54. The second-order valence-corrected chi connectivity index (χ2v) is 4.98. The number of ether oxygens (including phenoxy) is 1. The number of hydrogen-bond acceptors (Lipinski definition) is 3. The number of hydrogen-bond donors (Lipinski definition) is 1. The molecule has 0 aliphatic heterocycles. The molecule has 20 heavy (non-hydrogen) atoms. The fraction of sp³-hybridized carbons (Fsp3) is 0.308. The predicted molar refractivity (Wildman–Crippen MR) is 74.6 cm³/mol. The Morgan fingerprint density at radius 3 is 2.80 bits per heavy atom. The molecule has 1 unspecified atom stereocenters. The third-order valence-corrected chi connectivity index (χ3v) is 3.44. The molecule has 7 heteroatoms. The zero-order valence-corrected chi connectivity index (χ0v) is 12.2. The molecule has 0 fully saturated rings. The zero-order valence-electron chi connectivity index (χ0n) is 10.7. The molecule has 0 aliphatic carbocycles. The Morgan fingerprint density at radius 1 is 1.40 bits per heavy atom. The van der Waals surface area contributed by atoms with Gasteiger partial charge in [0.2, 0.25) is 0 Å². The van der Waals surface area contributed by atoms with Gasteiger partial charge in [0.25, 0.3) is 0 Å². The Hall–Kier alpha value is -1.14. The third-order valence-electron chi connectivity index (χ3n) is 2.86. The number of rotatable bonds is 5. The molecule has 1 aromatic heterocycles. The van der Waals surface area contributed by atoms with E-state index in [1.54, 1.807) is 11.8 Å². The highest BCUT2D eigenvalue weighted by Gasteiger charge is 2.20. The molecule has 0 amide bonds. The van der Waals surface area contributed by atoms with Crippen LogP contribution in [-0.2, 0) is 11.3 Å². The lowest BCUT2D eigenvalue weighted by Crippen LogP contribution is -2.13. The molecule has 0 radical (unpaired) electrons. The molecule has 108 valence electrons. The molecule has 1 aromatic carbocycles. The lowest BCUT2D eigenvalue weighted by atomic mass is 10.1. The van der Waals surface area contributed by atoms with E-state index in [0.717, 1.165) is 0 Å². The topological polar surface area (TPSA) is 47.3 Å². The molecule has 4 nitrogen and oxygen atoms in total. The number of aliphatic hydroxyl groups is 1. The average molecular weight is 319 g/mol. The van der Waals surface area contributed by atoms with Gasteiger partial charge in [-0.05, 0) is 17.7 Å². The maximum atomic E-state index is 13.2. The summed E-state index contributed by atoms with van der Waals surface area (Å²) in [6.45, 7) is 0.881. The molecule has 0 aliphatic rings. The fourth-order valence-corrected chi connectivity index (χ4v) is 2.27. The standard InChI is InChI=1S/C13H13Cl2FN2O2/c1-20-5-4-18-12(10(15)7-17-18)13(19)8-2-3-11(16)9(14)6-8/h2-3,6-7,13,19H,4-5H2,1H3. The van der Waals surface area contributed by atoms with E-state index in [-0.39, 0.29) is 5.02 Å². The minimum atomic E-state index is -1.04. The van der Waals surface area contributed by atoms with Crippen LogP contribution >= 0.6 is 23.2 Å². The van der Waals surface area contributed by atoms with Crippen molar-refractivity contribution in [3.63, 3.8) is 0 Å². The van der Waals surface area contributed by atoms with Crippen LogP contribution in [0.5, 0.6) is 0 Å². The maximum absolute atomic E-state index is 13.2. The van der Waals surface area contributed by atoms with Crippen molar-refractivity contribution in [2.45, 2.75) is 12.6 Å². The summed E-state index contributed by atoms with van der Waals surface area (Å²) in [4.78, 5) is 0. The molecule has 1 heterocycles. The van der Waals surface area contributed by atoms with E-state index >= 15 is 0 Å². The summed E-state index contributed by atoms with van der Waals surface area (Å²) in [7, 11) is 1.57. The van der Waals surface area contributed by atoms with E-state index in [1.807, 2.05) is 0 Å². The first-order valence-corrected chi connectivity index (χ1v) is 6.63. The quantitative estimate of drug-likeness (QED) is 0.921. The number of benzene rings is 1. The van der Waals surface area contributed by atoms with Crippen LogP contribution in [0.4, 0.5) is 4.39 Å². The van der Waals surface area contributed by atoms with E-state index in [0.29, 0.717) is 29.4 Å². The van der Waals surface area contributed by atoms with Crippen LogP contribution in [0.25, 0.3) is 0 Å². The molecule has 0 spiro atoms. The summed E-state index contributed by atoms with van der Waals surface area (Å²) < 4.78 is 19.7. The predicted octanol–water partition coefficient (Wildman–Crippen LogP) is 3.06. The van der Waals surface area contributed by atoms with Gasteiger partial charge in [0, 0.05) is 7.11 Å². The van der Waals surface area contributed by atoms with E-state index in [1.165, 1.54) is 24.4 Å². The smallest absolute Gasteiger partial charge is 0.141 e. The summed E-state index contributed by atoms with van der Waals surface area (Å²) in [5, 5.41) is 14.7. The summed E-state index contributed by atoms with van der Waals surface area (Å²) >= 11 is 11.8. The van der Waals surface area contributed by atoms with Crippen LogP contribution in [0.3, 0.4) is 0 Å². The largest absolute Gasteiger partial charge is 0.383 e. The highest BCUT2D eigenvalue weighted by molar-refractivity contribution is 6.31. The zero-order chi connectivity index (χ0) is 14.7. The van der Waals surface area contributed by atoms with Gasteiger partial charge in [-0.25, -0.2) is 4.39 Å². The van der Waals surface area contributed by atoms with Gasteiger partial charge in [0.05, 0.1) is 35.1 Å². The lowest BCUT2D eigenvalue weighted by Gasteiger charge is -2.15. The maximum Gasteiger partial charge on any atom is 0.141 e. The van der Waals surface area contributed by atoms with Crippen LogP contribution in [0, 0.1) is 5.82 Å². The van der Waals surface area contributed by atoms with Crippen molar-refractivity contribution >= 4 is 23.2 Å². The van der Waals surface area contributed by atoms with Crippen LogP contribution in [-0.4, -0.2) is 28.6 Å². The molecule has 0 saturated heterocycles. The van der Waals surface area contributed by atoms with Gasteiger partial charge in [-0.1, -0.05) is 29.3 Å². The second-order valence-electron chi connectivity index (χ2n) is 4.17. The van der Waals surface area contributed by atoms with E-state index < -0.39 is 11.9 Å². The van der Waals surface area contributed by atoms with Gasteiger partial charge in [0.15, 0.2) is 0 Å². The van der Waals surface area contributed by atoms with Gasteiger partial charge >= 0.3 is 0 Å². The number of aromatic nitrogens is 2. The molecule has 2 aromatic rings. The Balaban J connectivity index is 2.34. The van der Waals surface area contributed by atoms with Crippen molar-refractivity contribution in [3.05, 3.63) is 51.5 Å². The molecule has 1 atom stereocenters. The number of methoxy groups -OCH3 is 1. The summed E-state index contributed by atoms with van der Waals surface area (Å²) in [5.41, 5.74) is 0.865. The number of halogens is 3. The lowest BCUT2D eigenvalue weighted by molar-refractivity contribution is 0.171. The van der Waals surface area contributed by atoms with Gasteiger partial charge in [-0.15, -0.1) is 0 Å². The Bertz CT molecular complexity index is 604. The Morgan fingerprint density at radius 2 is 2.15 bits per heavy atom. The van der Waals surface area contributed by atoms with Crippen molar-refractivity contribution in [3.8, 4) is 0 Å². The summed E-state index contributed by atoms with van der Waals surface area (Å²) in [5.74, 6) is -0.540. The molecular formula is C13H13Cl2FN2O2. The first-order valence-electron chi connectivity index (χ1n) is 5.87. The Kier molecular flexibility index (Phi) is 4.99. The van der Waals surface area contributed by atoms with Crippen molar-refractivity contribution in [1.82, 2.24) is 9.78 Å². The van der Waals surface area contributed by atoms with Crippen LogP contribution in [0.1, 0.15) is 17.4 Å². The van der Waals surface area contributed by atoms with Gasteiger partial charge in [-0.2, -0.15) is 5.10 Å². The summed E-state index contributed by atoms with van der Waals surface area (Å²) in [6.07, 6.45) is 0.404. The monoisotopic (exact) mass is 318 g/mol. The molecule has 0 bridgehead atoms. The van der Waals surface area contributed by atoms with Crippen molar-refractivity contribution in [2.75, 3.05) is 13.7 Å². The molecular weight excluding hydrogens is 306 g/mol. The highest BCUT2D eigenvalue weighted by Crippen LogP contribution is 2.30. The van der Waals surface area contributed by atoms with E-state index in [9.17, 15) is 9.50 Å². The SMILES string of the molecule is COCCn1ncc(Cl)c1C(O)c1ccc(F)c(Cl)c1. The van der Waals surface area contributed by atoms with Gasteiger partial charge in [0.1, 0.15) is 11.9 Å². The molecule has 1 N–H and O–H groups in total. The first-order chi connectivity index (χ1) is 9.54. The van der Waals surface area contributed by atoms with Crippen molar-refractivity contribution in [1.29, 1.82) is 0 Å². The van der Waals surface area contributed by atoms with Crippen LogP contribution in [0.2, 0.25) is 10.0 Å². The number of nitrogens with zero attached hydrogens (tertiary/aromatic N) is 2. The van der Waals surface area contributed by atoms with Crippen molar-refractivity contribution < 1.29 is 14.2 Å². The number of aliphatic hydroxyl groups excluding tert-OH is 1. The van der Waals surface area contributed by atoms with E-state index in [4.69, 9.17) is 27.9 Å². The Labute approximate surface area is 125 Å². The minimum Gasteiger partial charge on any atom is -0.383 e. The third kappa shape index (κ3) is 3.12. The van der Waals surface area contributed by atoms with Crippen LogP contribution in [0.15, 0.2) is 24.4 Å². The van der Waals surface area contributed by atoms with Crippen molar-refractivity contribution in [2.24, 2.45) is 0 Å². The first kappa shape index (κ1) is 15.3. The fourth-order valence-electron chi connectivity index (χ4n) is 1.84. The highest BCUT2D eigenvalue weighted by atomic mass is 35.5. The van der Waals surface area contributed by atoms with Crippen LogP contribution < -0.4 is 0 Å². The minimum absolute atomic E-state index is 0.0550.